The molecule has 0 fully saturated rings. The van der Waals surface area contributed by atoms with Crippen LogP contribution in [0.1, 0.15) is 91.0 Å². The summed E-state index contributed by atoms with van der Waals surface area (Å²) in [5.41, 5.74) is 1.75. The molecule has 0 bridgehead atoms. The zero-order valence-corrected chi connectivity index (χ0v) is 18.8. The van der Waals surface area contributed by atoms with Crippen molar-refractivity contribution in [3.05, 3.63) is 71.3 Å². The van der Waals surface area contributed by atoms with E-state index in [1.54, 1.807) is 24.3 Å². The second kappa shape index (κ2) is 15.2. The van der Waals surface area contributed by atoms with E-state index >= 15 is 0 Å². The van der Waals surface area contributed by atoms with Gasteiger partial charge in [0, 0.05) is 0 Å². The number of hydrogen-bond donors (Lipinski definition) is 0. The highest BCUT2D eigenvalue weighted by Gasteiger charge is 2.18. The molecule has 0 heterocycles. The largest absolute Gasteiger partial charge is 0.462 e. The van der Waals surface area contributed by atoms with Crippen LogP contribution in [0.4, 0.5) is 0 Å². The number of carbonyl (C=O) groups is 2. The Labute approximate surface area is 187 Å². The molecule has 0 aromatic heterocycles. The first-order valence-electron chi connectivity index (χ1n) is 11.7. The van der Waals surface area contributed by atoms with Crippen molar-refractivity contribution >= 4 is 11.9 Å². The Bertz CT molecular complexity index is 770. The van der Waals surface area contributed by atoms with Crippen molar-refractivity contribution in [3.63, 3.8) is 0 Å². The van der Waals surface area contributed by atoms with E-state index in [9.17, 15) is 9.59 Å². The van der Waals surface area contributed by atoms with Gasteiger partial charge in [0.05, 0.1) is 24.3 Å². The lowest BCUT2D eigenvalue weighted by molar-refractivity contribution is 0.0452. The minimum Gasteiger partial charge on any atom is -0.462 e. The third-order valence-corrected chi connectivity index (χ3v) is 5.28. The quantitative estimate of drug-likeness (QED) is 0.234. The molecule has 2 aromatic rings. The maximum atomic E-state index is 12.5. The molecule has 2 aromatic carbocycles. The van der Waals surface area contributed by atoms with Crippen molar-refractivity contribution in [1.82, 2.24) is 0 Å². The van der Waals surface area contributed by atoms with Crippen LogP contribution in [-0.4, -0.2) is 25.2 Å². The second-order valence-electron chi connectivity index (χ2n) is 7.88. The molecule has 0 N–H and O–H groups in total. The third kappa shape index (κ3) is 9.82. The van der Waals surface area contributed by atoms with E-state index in [2.05, 4.69) is 19.1 Å². The lowest BCUT2D eigenvalue weighted by atomic mass is 10.1. The van der Waals surface area contributed by atoms with E-state index in [-0.39, 0.29) is 11.1 Å². The Morgan fingerprint density at radius 1 is 0.613 bits per heavy atom. The Morgan fingerprint density at radius 3 is 1.68 bits per heavy atom. The van der Waals surface area contributed by atoms with Crippen molar-refractivity contribution in [2.75, 3.05) is 13.2 Å². The highest BCUT2D eigenvalue weighted by atomic mass is 16.5. The number of esters is 2. The summed E-state index contributed by atoms with van der Waals surface area (Å²) in [7, 11) is 0. The molecule has 0 aliphatic heterocycles. The fourth-order valence-electron chi connectivity index (χ4n) is 3.48. The molecule has 0 radical (unpaired) electrons. The third-order valence-electron chi connectivity index (χ3n) is 5.28. The molecule has 0 amide bonds. The zero-order valence-electron chi connectivity index (χ0n) is 18.8. The summed E-state index contributed by atoms with van der Waals surface area (Å²) in [5, 5.41) is 0. The van der Waals surface area contributed by atoms with E-state index in [0.717, 1.165) is 25.7 Å². The number of aryl methyl sites for hydroxylation is 1. The van der Waals surface area contributed by atoms with Crippen LogP contribution in [0.15, 0.2) is 54.6 Å². The summed E-state index contributed by atoms with van der Waals surface area (Å²) in [4.78, 5) is 24.9. The maximum absolute atomic E-state index is 12.5. The Hall–Kier alpha value is -2.62. The monoisotopic (exact) mass is 424 g/mol. The minimum atomic E-state index is -0.479. The molecule has 0 aliphatic carbocycles. The molecule has 0 saturated heterocycles. The van der Waals surface area contributed by atoms with Crippen molar-refractivity contribution in [1.29, 1.82) is 0 Å². The van der Waals surface area contributed by atoms with Gasteiger partial charge in [0.15, 0.2) is 0 Å². The fraction of sp³-hybridized carbons (Fsp3) is 0.481. The van der Waals surface area contributed by atoms with E-state index in [1.165, 1.54) is 44.1 Å². The van der Waals surface area contributed by atoms with Gasteiger partial charge in [-0.3, -0.25) is 0 Å². The SMILES string of the molecule is CCCCCCCCCCOC(=O)c1ccccc1C(=O)OCCCc1ccccc1. The Balaban J connectivity index is 1.69. The molecule has 0 unspecified atom stereocenters. The molecular weight excluding hydrogens is 388 g/mol. The van der Waals surface area contributed by atoms with Crippen molar-refractivity contribution in [3.8, 4) is 0 Å². The van der Waals surface area contributed by atoms with Gasteiger partial charge in [-0.1, -0.05) is 94.3 Å². The van der Waals surface area contributed by atoms with Crippen LogP contribution in [0.25, 0.3) is 0 Å². The second-order valence-corrected chi connectivity index (χ2v) is 7.88. The van der Waals surface area contributed by atoms with Crippen LogP contribution in [0.2, 0.25) is 0 Å². The molecule has 0 aliphatic rings. The summed E-state index contributed by atoms with van der Waals surface area (Å²) in [6.45, 7) is 2.92. The summed E-state index contributed by atoms with van der Waals surface area (Å²) in [5.74, 6) is -0.938. The average molecular weight is 425 g/mol. The highest BCUT2D eigenvalue weighted by molar-refractivity contribution is 6.03. The predicted molar refractivity (Wildman–Crippen MR) is 124 cm³/mol. The maximum Gasteiger partial charge on any atom is 0.339 e. The van der Waals surface area contributed by atoms with Gasteiger partial charge in [0.2, 0.25) is 0 Å². The first-order chi connectivity index (χ1) is 15.2. The molecular formula is C27H36O4. The number of unbranched alkanes of at least 4 members (excludes halogenated alkanes) is 7. The van der Waals surface area contributed by atoms with E-state index < -0.39 is 11.9 Å². The zero-order chi connectivity index (χ0) is 22.2. The molecule has 4 heteroatoms. The molecule has 0 atom stereocenters. The van der Waals surface area contributed by atoms with Gasteiger partial charge in [0.1, 0.15) is 0 Å². The lowest BCUT2D eigenvalue weighted by Crippen LogP contribution is -2.15. The van der Waals surface area contributed by atoms with Crippen LogP contribution in [0, 0.1) is 0 Å². The van der Waals surface area contributed by atoms with Gasteiger partial charge >= 0.3 is 11.9 Å². The summed E-state index contributed by atoms with van der Waals surface area (Å²) >= 11 is 0. The predicted octanol–water partition coefficient (Wildman–Crippen LogP) is 6.77. The van der Waals surface area contributed by atoms with Crippen molar-refractivity contribution in [2.45, 2.75) is 71.1 Å². The number of ether oxygens (including phenoxy) is 2. The summed E-state index contributed by atoms with van der Waals surface area (Å²) < 4.78 is 10.8. The first kappa shape index (κ1) is 24.6. The van der Waals surface area contributed by atoms with Crippen LogP contribution in [0.5, 0.6) is 0 Å². The van der Waals surface area contributed by atoms with E-state index in [1.807, 2.05) is 18.2 Å². The van der Waals surface area contributed by atoms with E-state index in [4.69, 9.17) is 9.47 Å². The molecule has 0 spiro atoms. The summed E-state index contributed by atoms with van der Waals surface area (Å²) in [6, 6.07) is 16.8. The van der Waals surface area contributed by atoms with Gasteiger partial charge in [-0.25, -0.2) is 9.59 Å². The standard InChI is InChI=1S/C27H36O4/c1-2-3-4-5-6-7-8-14-21-30-26(28)24-19-12-13-20-25(24)27(29)31-22-15-18-23-16-10-9-11-17-23/h9-13,16-17,19-20H,2-8,14-15,18,21-22H2,1H3. The van der Waals surface area contributed by atoms with Gasteiger partial charge in [-0.2, -0.15) is 0 Å². The van der Waals surface area contributed by atoms with Gasteiger partial charge in [0.25, 0.3) is 0 Å². The molecule has 4 nitrogen and oxygen atoms in total. The van der Waals surface area contributed by atoms with Crippen LogP contribution in [-0.2, 0) is 15.9 Å². The lowest BCUT2D eigenvalue weighted by Gasteiger charge is -2.10. The van der Waals surface area contributed by atoms with E-state index in [0.29, 0.717) is 13.2 Å². The number of carbonyl (C=O) groups excluding carboxylic acids is 2. The summed E-state index contributed by atoms with van der Waals surface area (Å²) in [6.07, 6.45) is 11.1. The van der Waals surface area contributed by atoms with Crippen LogP contribution < -0.4 is 0 Å². The van der Waals surface area contributed by atoms with Gasteiger partial charge < -0.3 is 9.47 Å². The number of rotatable bonds is 15. The normalized spacial score (nSPS) is 10.6. The van der Waals surface area contributed by atoms with Gasteiger partial charge in [-0.05, 0) is 37.0 Å². The van der Waals surface area contributed by atoms with Crippen molar-refractivity contribution in [2.24, 2.45) is 0 Å². The van der Waals surface area contributed by atoms with Crippen LogP contribution >= 0.6 is 0 Å². The number of hydrogen-bond acceptors (Lipinski definition) is 4. The van der Waals surface area contributed by atoms with Crippen LogP contribution in [0.3, 0.4) is 0 Å². The van der Waals surface area contributed by atoms with Crippen molar-refractivity contribution < 1.29 is 19.1 Å². The first-order valence-corrected chi connectivity index (χ1v) is 11.7. The topological polar surface area (TPSA) is 52.6 Å². The highest BCUT2D eigenvalue weighted by Crippen LogP contribution is 2.14. The number of benzene rings is 2. The average Bonchev–Trinajstić information content (AvgIpc) is 2.81. The minimum absolute atomic E-state index is 0.267. The molecule has 2 rings (SSSR count). The van der Waals surface area contributed by atoms with Gasteiger partial charge in [-0.15, -0.1) is 0 Å². The smallest absolute Gasteiger partial charge is 0.339 e. The fourth-order valence-corrected chi connectivity index (χ4v) is 3.48. The Morgan fingerprint density at radius 2 is 1.10 bits per heavy atom. The Kier molecular flexibility index (Phi) is 12.1. The molecule has 0 saturated carbocycles. The molecule has 168 valence electrons. The molecule has 31 heavy (non-hydrogen) atoms.